The van der Waals surface area contributed by atoms with Gasteiger partial charge in [0.05, 0.1) is 6.54 Å². The average Bonchev–Trinajstić information content (AvgIpc) is 2.85. The predicted octanol–water partition coefficient (Wildman–Crippen LogP) is 0.688. The second kappa shape index (κ2) is 7.03. The molecule has 114 valence electrons. The summed E-state index contributed by atoms with van der Waals surface area (Å²) in [5, 5.41) is 2.58. The lowest BCUT2D eigenvalue weighted by atomic mass is 10.3. The highest BCUT2D eigenvalue weighted by Crippen LogP contribution is 2.11. The van der Waals surface area contributed by atoms with Crippen molar-refractivity contribution < 1.29 is 18.7 Å². The highest BCUT2D eigenvalue weighted by molar-refractivity contribution is 5.96. The largest absolute Gasteiger partial charge is 0.492 e. The molecule has 6 nitrogen and oxygen atoms in total. The quantitative estimate of drug-likeness (QED) is 0.839. The van der Waals surface area contributed by atoms with Crippen molar-refractivity contribution in [1.29, 1.82) is 0 Å². The van der Waals surface area contributed by atoms with E-state index >= 15 is 0 Å². The van der Waals surface area contributed by atoms with Crippen LogP contribution in [0.3, 0.4) is 0 Å². The van der Waals surface area contributed by atoms with Gasteiger partial charge in [-0.05, 0) is 19.2 Å². The lowest BCUT2D eigenvalue weighted by Crippen LogP contribution is -2.41. The number of ether oxygens (including phenoxy) is 1. The van der Waals surface area contributed by atoms with Gasteiger partial charge in [0.1, 0.15) is 18.2 Å². The van der Waals surface area contributed by atoms with Gasteiger partial charge in [-0.15, -0.1) is 0 Å². The molecule has 0 aliphatic carbocycles. The molecule has 1 aromatic rings. The highest BCUT2D eigenvalue weighted by Gasteiger charge is 2.26. The van der Waals surface area contributed by atoms with E-state index in [1.807, 2.05) is 0 Å². The first-order chi connectivity index (χ1) is 10.1. The lowest BCUT2D eigenvalue weighted by molar-refractivity contribution is -0.128. The Labute approximate surface area is 122 Å². The van der Waals surface area contributed by atoms with Gasteiger partial charge in [0, 0.05) is 25.7 Å². The Morgan fingerprint density at radius 1 is 1.52 bits per heavy atom. The van der Waals surface area contributed by atoms with E-state index in [1.165, 1.54) is 17.0 Å². The molecule has 1 heterocycles. The van der Waals surface area contributed by atoms with Crippen molar-refractivity contribution in [1.82, 2.24) is 15.1 Å². The van der Waals surface area contributed by atoms with Gasteiger partial charge in [0.25, 0.3) is 0 Å². The van der Waals surface area contributed by atoms with Crippen LogP contribution < -0.4 is 10.1 Å². The van der Waals surface area contributed by atoms with Gasteiger partial charge in [-0.25, -0.2) is 9.18 Å². The average molecular weight is 295 g/mol. The smallest absolute Gasteiger partial charge is 0.324 e. The minimum atomic E-state index is -0.351. The van der Waals surface area contributed by atoms with Crippen molar-refractivity contribution in [3.8, 4) is 5.75 Å². The third-order valence-corrected chi connectivity index (χ3v) is 3.10. The van der Waals surface area contributed by atoms with E-state index in [4.69, 9.17) is 4.74 Å². The number of imide groups is 1. The van der Waals surface area contributed by atoms with Crippen molar-refractivity contribution in [2.24, 2.45) is 0 Å². The van der Waals surface area contributed by atoms with Crippen LogP contribution in [0.4, 0.5) is 9.18 Å². The van der Waals surface area contributed by atoms with Crippen LogP contribution in [0.5, 0.6) is 5.75 Å². The molecule has 0 radical (unpaired) electrons. The van der Waals surface area contributed by atoms with Crippen molar-refractivity contribution in [2.45, 2.75) is 0 Å². The molecule has 1 N–H and O–H groups in total. The number of nitrogens with one attached hydrogen (secondary N) is 1. The molecule has 3 amide bonds. The second-order valence-electron chi connectivity index (χ2n) is 4.82. The first kappa shape index (κ1) is 15.2. The minimum Gasteiger partial charge on any atom is -0.492 e. The summed E-state index contributed by atoms with van der Waals surface area (Å²) in [6, 6.07) is 5.55. The van der Waals surface area contributed by atoms with Gasteiger partial charge < -0.3 is 10.1 Å². The van der Waals surface area contributed by atoms with Gasteiger partial charge in [-0.3, -0.25) is 14.6 Å². The van der Waals surface area contributed by atoms with Crippen molar-refractivity contribution in [3.63, 3.8) is 0 Å². The zero-order valence-corrected chi connectivity index (χ0v) is 11.8. The molecule has 7 heteroatoms. The van der Waals surface area contributed by atoms with Crippen molar-refractivity contribution >= 4 is 11.9 Å². The van der Waals surface area contributed by atoms with Crippen molar-refractivity contribution in [3.05, 3.63) is 30.1 Å². The van der Waals surface area contributed by atoms with Gasteiger partial charge in [0.15, 0.2) is 0 Å². The zero-order valence-electron chi connectivity index (χ0n) is 11.8. The van der Waals surface area contributed by atoms with Gasteiger partial charge in [-0.1, -0.05) is 6.07 Å². The third kappa shape index (κ3) is 4.42. The Bertz CT molecular complexity index is 524. The van der Waals surface area contributed by atoms with E-state index in [1.54, 1.807) is 24.1 Å². The SMILES string of the molecule is CN(CCOc1cccc(F)c1)CC(=O)N1CCNC1=O. The number of urea groups is 1. The molecule has 0 bridgehead atoms. The molecular formula is C14H18FN3O3. The number of halogens is 1. The summed E-state index contributed by atoms with van der Waals surface area (Å²) in [4.78, 5) is 26.2. The number of amides is 3. The Kier molecular flexibility index (Phi) is 5.10. The highest BCUT2D eigenvalue weighted by atomic mass is 19.1. The molecule has 0 aromatic heterocycles. The van der Waals surface area contributed by atoms with Crippen LogP contribution in [0.15, 0.2) is 24.3 Å². The maximum Gasteiger partial charge on any atom is 0.324 e. The van der Waals surface area contributed by atoms with Crippen molar-refractivity contribution in [2.75, 3.05) is 39.8 Å². The van der Waals surface area contributed by atoms with Crippen LogP contribution in [-0.2, 0) is 4.79 Å². The standard InChI is InChI=1S/C14H18FN3O3/c1-17(10-13(19)18-6-5-16-14(18)20)7-8-21-12-4-2-3-11(15)9-12/h2-4,9H,5-8,10H2,1H3,(H,16,20). The van der Waals surface area contributed by atoms with Gasteiger partial charge >= 0.3 is 6.03 Å². The summed E-state index contributed by atoms with van der Waals surface area (Å²) in [7, 11) is 1.76. The molecule has 0 atom stereocenters. The molecule has 1 aliphatic heterocycles. The Morgan fingerprint density at radius 2 is 2.33 bits per heavy atom. The molecule has 1 saturated heterocycles. The summed E-state index contributed by atoms with van der Waals surface area (Å²) in [6.45, 7) is 1.87. The monoisotopic (exact) mass is 295 g/mol. The van der Waals surface area contributed by atoms with Crippen LogP contribution in [0, 0.1) is 5.82 Å². The fourth-order valence-corrected chi connectivity index (χ4v) is 1.98. The predicted molar refractivity (Wildman–Crippen MR) is 74.5 cm³/mol. The molecule has 1 fully saturated rings. The Balaban J connectivity index is 1.71. The van der Waals surface area contributed by atoms with Crippen LogP contribution in [-0.4, -0.2) is 61.6 Å². The molecule has 21 heavy (non-hydrogen) atoms. The number of nitrogens with zero attached hydrogens (tertiary/aromatic N) is 2. The van der Waals surface area contributed by atoms with E-state index in [0.29, 0.717) is 32.0 Å². The number of hydrogen-bond donors (Lipinski definition) is 1. The topological polar surface area (TPSA) is 61.9 Å². The Morgan fingerprint density at radius 3 is 3.00 bits per heavy atom. The normalized spacial score (nSPS) is 14.4. The maximum absolute atomic E-state index is 13.0. The summed E-state index contributed by atoms with van der Waals surface area (Å²) in [5.41, 5.74) is 0. The molecule has 0 spiro atoms. The molecular weight excluding hydrogens is 277 g/mol. The lowest BCUT2D eigenvalue weighted by Gasteiger charge is -2.19. The summed E-state index contributed by atoms with van der Waals surface area (Å²) in [6.07, 6.45) is 0. The molecule has 0 saturated carbocycles. The summed E-state index contributed by atoms with van der Waals surface area (Å²) in [5.74, 6) is -0.136. The molecule has 1 aliphatic rings. The number of rotatable bonds is 6. The minimum absolute atomic E-state index is 0.139. The Hall–Kier alpha value is -2.15. The van der Waals surface area contributed by atoms with E-state index in [2.05, 4.69) is 5.32 Å². The van der Waals surface area contributed by atoms with E-state index in [9.17, 15) is 14.0 Å². The van der Waals surface area contributed by atoms with E-state index in [0.717, 1.165) is 0 Å². The molecule has 2 rings (SSSR count). The maximum atomic E-state index is 13.0. The number of carbonyl (C=O) groups is 2. The van der Waals surface area contributed by atoms with Crippen LogP contribution in [0.2, 0.25) is 0 Å². The first-order valence-corrected chi connectivity index (χ1v) is 6.71. The number of hydrogen-bond acceptors (Lipinski definition) is 4. The summed E-state index contributed by atoms with van der Waals surface area (Å²) < 4.78 is 18.4. The van der Waals surface area contributed by atoms with E-state index < -0.39 is 0 Å². The number of carbonyl (C=O) groups excluding carboxylic acids is 2. The summed E-state index contributed by atoms with van der Waals surface area (Å²) >= 11 is 0. The zero-order chi connectivity index (χ0) is 15.2. The van der Waals surface area contributed by atoms with Gasteiger partial charge in [0.2, 0.25) is 5.91 Å². The number of benzene rings is 1. The van der Waals surface area contributed by atoms with Crippen LogP contribution >= 0.6 is 0 Å². The van der Waals surface area contributed by atoms with Crippen LogP contribution in [0.1, 0.15) is 0 Å². The molecule has 0 unspecified atom stereocenters. The fraction of sp³-hybridized carbons (Fsp3) is 0.429. The first-order valence-electron chi connectivity index (χ1n) is 6.71. The number of likely N-dealkylation sites (N-methyl/N-ethyl adjacent to an activating group) is 1. The third-order valence-electron chi connectivity index (χ3n) is 3.10. The van der Waals surface area contributed by atoms with Gasteiger partial charge in [-0.2, -0.15) is 0 Å². The van der Waals surface area contributed by atoms with Crippen LogP contribution in [0.25, 0.3) is 0 Å². The van der Waals surface area contributed by atoms with E-state index in [-0.39, 0.29) is 24.3 Å². The second-order valence-corrected chi connectivity index (χ2v) is 4.82. The fourth-order valence-electron chi connectivity index (χ4n) is 1.98. The molecule has 1 aromatic carbocycles.